The third kappa shape index (κ3) is 4.59. The molecule has 0 saturated carbocycles. The van der Waals surface area contributed by atoms with E-state index in [1.54, 1.807) is 12.1 Å². The summed E-state index contributed by atoms with van der Waals surface area (Å²) >= 11 is 1.46. The lowest BCUT2D eigenvalue weighted by atomic mass is 10.1. The van der Waals surface area contributed by atoms with E-state index < -0.39 is 0 Å². The SMILES string of the molecule is CSc1nc(N2CCOCC2C)cc(C)c1C(=O)NCc1ccc(F)cc1. The Balaban J connectivity index is 1.79. The number of carbonyl (C=O) groups excluding carboxylic acids is 1. The van der Waals surface area contributed by atoms with Crippen LogP contribution in [-0.4, -0.2) is 42.9 Å². The molecule has 1 unspecified atom stereocenters. The second kappa shape index (κ2) is 8.71. The Hall–Kier alpha value is -2.12. The van der Waals surface area contributed by atoms with Crippen LogP contribution in [0.2, 0.25) is 0 Å². The molecule has 2 heterocycles. The standard InChI is InChI=1S/C20H24FN3O2S/c1-13-10-17(24-8-9-26-12-14(24)2)23-20(27-3)18(13)19(25)22-11-15-4-6-16(21)7-5-15/h4-7,10,14H,8-9,11-12H2,1-3H3,(H,22,25). The fraction of sp³-hybridized carbons (Fsp3) is 0.400. The predicted molar refractivity (Wildman–Crippen MR) is 106 cm³/mol. The molecular formula is C20H24FN3O2S. The molecule has 1 aromatic heterocycles. The van der Waals surface area contributed by atoms with Gasteiger partial charge in [-0.25, -0.2) is 9.37 Å². The first-order valence-electron chi connectivity index (χ1n) is 8.92. The number of amides is 1. The molecule has 1 saturated heterocycles. The number of nitrogens with one attached hydrogen (secondary N) is 1. The summed E-state index contributed by atoms with van der Waals surface area (Å²) in [5.41, 5.74) is 2.33. The zero-order valence-corrected chi connectivity index (χ0v) is 16.6. The van der Waals surface area contributed by atoms with Crippen LogP contribution in [0.5, 0.6) is 0 Å². The van der Waals surface area contributed by atoms with E-state index in [1.807, 2.05) is 19.2 Å². The molecule has 1 amide bonds. The highest BCUT2D eigenvalue weighted by molar-refractivity contribution is 7.98. The molecule has 3 rings (SSSR count). The van der Waals surface area contributed by atoms with Gasteiger partial charge < -0.3 is 15.0 Å². The zero-order valence-electron chi connectivity index (χ0n) is 15.8. The van der Waals surface area contributed by atoms with Gasteiger partial charge in [-0.05, 0) is 49.4 Å². The molecular weight excluding hydrogens is 365 g/mol. The number of benzene rings is 1. The van der Waals surface area contributed by atoms with Gasteiger partial charge in [0.15, 0.2) is 0 Å². The van der Waals surface area contributed by atoms with Crippen molar-refractivity contribution in [3.8, 4) is 0 Å². The van der Waals surface area contributed by atoms with Crippen molar-refractivity contribution in [2.45, 2.75) is 31.5 Å². The Morgan fingerprint density at radius 1 is 1.41 bits per heavy atom. The number of halogens is 1. The zero-order chi connectivity index (χ0) is 19.4. The quantitative estimate of drug-likeness (QED) is 0.795. The van der Waals surface area contributed by atoms with E-state index in [4.69, 9.17) is 9.72 Å². The lowest BCUT2D eigenvalue weighted by Crippen LogP contribution is -2.44. The second-order valence-electron chi connectivity index (χ2n) is 6.61. The number of ether oxygens (including phenoxy) is 1. The van der Waals surface area contributed by atoms with Crippen molar-refractivity contribution in [1.29, 1.82) is 0 Å². The lowest BCUT2D eigenvalue weighted by molar-refractivity contribution is 0.0945. The van der Waals surface area contributed by atoms with Crippen molar-refractivity contribution in [2.24, 2.45) is 0 Å². The molecule has 1 aliphatic heterocycles. The molecule has 0 radical (unpaired) electrons. The lowest BCUT2D eigenvalue weighted by Gasteiger charge is -2.34. The van der Waals surface area contributed by atoms with Gasteiger partial charge in [0.1, 0.15) is 16.7 Å². The number of aryl methyl sites for hydroxylation is 1. The minimum Gasteiger partial charge on any atom is -0.377 e. The Morgan fingerprint density at radius 2 is 2.15 bits per heavy atom. The predicted octanol–water partition coefficient (Wildman–Crippen LogP) is 3.41. The number of rotatable bonds is 5. The van der Waals surface area contributed by atoms with E-state index in [0.29, 0.717) is 30.3 Å². The Morgan fingerprint density at radius 3 is 2.81 bits per heavy atom. The van der Waals surface area contributed by atoms with Gasteiger partial charge >= 0.3 is 0 Å². The van der Waals surface area contributed by atoms with E-state index >= 15 is 0 Å². The van der Waals surface area contributed by atoms with Crippen molar-refractivity contribution < 1.29 is 13.9 Å². The van der Waals surface area contributed by atoms with Crippen LogP contribution in [0, 0.1) is 12.7 Å². The summed E-state index contributed by atoms with van der Waals surface area (Å²) in [7, 11) is 0. The number of anilines is 1. The molecule has 1 aromatic carbocycles. The number of nitrogens with zero attached hydrogens (tertiary/aromatic N) is 2. The fourth-order valence-corrected chi connectivity index (χ4v) is 3.78. The summed E-state index contributed by atoms with van der Waals surface area (Å²) in [5.74, 6) is 0.417. The number of morpholine rings is 1. The molecule has 1 fully saturated rings. The van der Waals surface area contributed by atoms with Crippen LogP contribution in [0.4, 0.5) is 10.2 Å². The van der Waals surface area contributed by atoms with E-state index in [2.05, 4.69) is 17.1 Å². The van der Waals surface area contributed by atoms with Crippen molar-refractivity contribution in [1.82, 2.24) is 10.3 Å². The summed E-state index contributed by atoms with van der Waals surface area (Å²) < 4.78 is 18.5. The van der Waals surface area contributed by atoms with E-state index in [0.717, 1.165) is 23.5 Å². The molecule has 5 nitrogen and oxygen atoms in total. The van der Waals surface area contributed by atoms with Crippen molar-refractivity contribution in [2.75, 3.05) is 30.9 Å². The minimum atomic E-state index is -0.289. The summed E-state index contributed by atoms with van der Waals surface area (Å²) in [6.45, 7) is 6.53. The number of hydrogen-bond acceptors (Lipinski definition) is 5. The van der Waals surface area contributed by atoms with Gasteiger partial charge in [-0.2, -0.15) is 0 Å². The third-order valence-corrected chi connectivity index (χ3v) is 5.30. The van der Waals surface area contributed by atoms with Crippen LogP contribution in [0.15, 0.2) is 35.4 Å². The highest BCUT2D eigenvalue weighted by Crippen LogP contribution is 2.27. The highest BCUT2D eigenvalue weighted by atomic mass is 32.2. The maximum atomic E-state index is 13.0. The minimum absolute atomic E-state index is 0.171. The maximum absolute atomic E-state index is 13.0. The van der Waals surface area contributed by atoms with Gasteiger partial charge in [0.25, 0.3) is 5.91 Å². The van der Waals surface area contributed by atoms with Gasteiger partial charge in [-0.3, -0.25) is 4.79 Å². The Bertz CT molecular complexity index is 814. The molecule has 1 aliphatic rings. The number of carbonyl (C=O) groups is 1. The number of aromatic nitrogens is 1. The normalized spacial score (nSPS) is 17.0. The van der Waals surface area contributed by atoms with Crippen LogP contribution < -0.4 is 10.2 Å². The molecule has 0 bridgehead atoms. The molecule has 0 spiro atoms. The van der Waals surface area contributed by atoms with Crippen LogP contribution in [0.3, 0.4) is 0 Å². The van der Waals surface area contributed by atoms with Crippen LogP contribution >= 0.6 is 11.8 Å². The second-order valence-corrected chi connectivity index (χ2v) is 7.40. The highest BCUT2D eigenvalue weighted by Gasteiger charge is 2.23. The van der Waals surface area contributed by atoms with E-state index in [1.165, 1.54) is 23.9 Å². The molecule has 2 aromatic rings. The summed E-state index contributed by atoms with van der Waals surface area (Å²) in [4.78, 5) is 19.7. The molecule has 27 heavy (non-hydrogen) atoms. The van der Waals surface area contributed by atoms with Crippen molar-refractivity contribution >= 4 is 23.5 Å². The van der Waals surface area contributed by atoms with Gasteiger partial charge in [-0.15, -0.1) is 11.8 Å². The summed E-state index contributed by atoms with van der Waals surface area (Å²) in [5, 5.41) is 3.62. The smallest absolute Gasteiger partial charge is 0.254 e. The average molecular weight is 389 g/mol. The van der Waals surface area contributed by atoms with Crippen LogP contribution in [0.25, 0.3) is 0 Å². The Kier molecular flexibility index (Phi) is 6.34. The first-order valence-corrected chi connectivity index (χ1v) is 10.1. The van der Waals surface area contributed by atoms with Crippen LogP contribution in [0.1, 0.15) is 28.4 Å². The summed E-state index contributed by atoms with van der Waals surface area (Å²) in [6, 6.07) is 8.32. The largest absolute Gasteiger partial charge is 0.377 e. The first-order chi connectivity index (χ1) is 13.0. The topological polar surface area (TPSA) is 54.5 Å². The van der Waals surface area contributed by atoms with Gasteiger partial charge in [0.05, 0.1) is 24.8 Å². The molecule has 0 aliphatic carbocycles. The molecule has 7 heteroatoms. The number of thioether (sulfide) groups is 1. The molecule has 1 N–H and O–H groups in total. The third-order valence-electron chi connectivity index (χ3n) is 4.62. The molecule has 1 atom stereocenters. The van der Waals surface area contributed by atoms with Crippen molar-refractivity contribution in [3.05, 3.63) is 52.8 Å². The monoisotopic (exact) mass is 389 g/mol. The van der Waals surface area contributed by atoms with Gasteiger partial charge in [0, 0.05) is 13.1 Å². The number of pyridine rings is 1. The summed E-state index contributed by atoms with van der Waals surface area (Å²) in [6.07, 6.45) is 1.92. The average Bonchev–Trinajstić information content (AvgIpc) is 2.67. The molecule has 144 valence electrons. The Labute approximate surface area is 163 Å². The maximum Gasteiger partial charge on any atom is 0.254 e. The fourth-order valence-electron chi connectivity index (χ4n) is 3.14. The first kappa shape index (κ1) is 19.6. The van der Waals surface area contributed by atoms with Crippen LogP contribution in [-0.2, 0) is 11.3 Å². The van der Waals surface area contributed by atoms with Crippen molar-refractivity contribution in [3.63, 3.8) is 0 Å². The van der Waals surface area contributed by atoms with Gasteiger partial charge in [0.2, 0.25) is 0 Å². The number of hydrogen-bond donors (Lipinski definition) is 1. The van der Waals surface area contributed by atoms with Gasteiger partial charge in [-0.1, -0.05) is 12.1 Å². The van der Waals surface area contributed by atoms with E-state index in [9.17, 15) is 9.18 Å². The van der Waals surface area contributed by atoms with E-state index in [-0.39, 0.29) is 17.8 Å².